The molecule has 0 unspecified atom stereocenters. The number of nitrogen functional groups attached to an aromatic ring is 1. The Balaban J connectivity index is 1.54. The van der Waals surface area contributed by atoms with Crippen LogP contribution in [0.3, 0.4) is 0 Å². The molecule has 0 aromatic heterocycles. The highest BCUT2D eigenvalue weighted by Crippen LogP contribution is 2.31. The molecule has 0 saturated carbocycles. The fourth-order valence-corrected chi connectivity index (χ4v) is 2.97. The van der Waals surface area contributed by atoms with E-state index in [1.807, 2.05) is 53.4 Å². The van der Waals surface area contributed by atoms with Crippen molar-refractivity contribution in [1.82, 2.24) is 0 Å². The number of rotatable bonds is 5. The molecule has 2 aromatic rings. The summed E-state index contributed by atoms with van der Waals surface area (Å²) in [6.45, 7) is 1.73. The molecule has 0 fully saturated rings. The first-order valence-electron chi connectivity index (χ1n) is 8.05. The van der Waals surface area contributed by atoms with Gasteiger partial charge in [0.05, 0.1) is 19.6 Å². The van der Waals surface area contributed by atoms with Crippen LogP contribution in [0.1, 0.15) is 24.0 Å². The van der Waals surface area contributed by atoms with Gasteiger partial charge >= 0.3 is 0 Å². The van der Waals surface area contributed by atoms with E-state index in [0.29, 0.717) is 19.6 Å². The Morgan fingerprint density at radius 3 is 2.78 bits per heavy atom. The second kappa shape index (κ2) is 7.29. The Morgan fingerprint density at radius 1 is 1.13 bits per heavy atom. The maximum absolute atomic E-state index is 12.5. The lowest BCUT2D eigenvalue weighted by Gasteiger charge is -2.30. The van der Waals surface area contributed by atoms with Gasteiger partial charge in [-0.3, -0.25) is 4.79 Å². The lowest BCUT2D eigenvalue weighted by atomic mass is 9.99. The molecule has 2 aromatic carbocycles. The van der Waals surface area contributed by atoms with Crippen LogP contribution in [0.4, 0.5) is 11.4 Å². The summed E-state index contributed by atoms with van der Waals surface area (Å²) in [7, 11) is 0. The van der Waals surface area contributed by atoms with Gasteiger partial charge in [-0.1, -0.05) is 36.4 Å². The Bertz CT molecular complexity index is 670. The Morgan fingerprint density at radius 2 is 1.96 bits per heavy atom. The zero-order valence-electron chi connectivity index (χ0n) is 13.2. The molecule has 120 valence electrons. The molecule has 1 amide bonds. The van der Waals surface area contributed by atoms with E-state index in [1.165, 1.54) is 0 Å². The summed E-state index contributed by atoms with van der Waals surface area (Å²) < 4.78 is 5.62. The van der Waals surface area contributed by atoms with Crippen LogP contribution in [0.2, 0.25) is 0 Å². The number of ether oxygens (including phenoxy) is 1. The molecule has 1 heterocycles. The number of hydrogen-bond donors (Lipinski definition) is 1. The van der Waals surface area contributed by atoms with Gasteiger partial charge in [-0.15, -0.1) is 0 Å². The minimum atomic E-state index is 0.101. The van der Waals surface area contributed by atoms with Gasteiger partial charge in [-0.05, 0) is 36.1 Å². The van der Waals surface area contributed by atoms with Gasteiger partial charge in [0.1, 0.15) is 0 Å². The third kappa shape index (κ3) is 3.71. The van der Waals surface area contributed by atoms with Crippen LogP contribution in [0.25, 0.3) is 0 Å². The van der Waals surface area contributed by atoms with Crippen LogP contribution in [-0.4, -0.2) is 19.1 Å². The van der Waals surface area contributed by atoms with E-state index in [9.17, 15) is 4.79 Å². The predicted octanol–water partition coefficient (Wildman–Crippen LogP) is 3.15. The zero-order valence-corrected chi connectivity index (χ0v) is 13.2. The number of nitrogens with two attached hydrogens (primary N) is 1. The van der Waals surface area contributed by atoms with Crippen molar-refractivity contribution >= 4 is 17.3 Å². The molecule has 23 heavy (non-hydrogen) atoms. The molecular weight excluding hydrogens is 288 g/mol. The number of anilines is 2. The maximum Gasteiger partial charge on any atom is 0.229 e. The number of hydrogen-bond acceptors (Lipinski definition) is 3. The van der Waals surface area contributed by atoms with Crippen LogP contribution in [0.5, 0.6) is 0 Å². The standard InChI is InChI=1S/C19H22N2O2/c20-17-9-4-10-18-16(17)8-5-12-21(18)19(22)11-13-23-14-15-6-2-1-3-7-15/h1-4,6-7,9-10H,5,8,11-14,20H2. The molecule has 0 bridgehead atoms. The normalized spacial score (nSPS) is 13.7. The quantitative estimate of drug-likeness (QED) is 0.682. The summed E-state index contributed by atoms with van der Waals surface area (Å²) in [6, 6.07) is 15.8. The van der Waals surface area contributed by atoms with Gasteiger partial charge < -0.3 is 15.4 Å². The van der Waals surface area contributed by atoms with Crippen molar-refractivity contribution in [1.29, 1.82) is 0 Å². The number of fused-ring (bicyclic) bond motifs is 1. The largest absolute Gasteiger partial charge is 0.398 e. The van der Waals surface area contributed by atoms with E-state index in [0.717, 1.165) is 41.9 Å². The molecule has 0 aliphatic carbocycles. The molecule has 4 nitrogen and oxygen atoms in total. The third-order valence-electron chi connectivity index (χ3n) is 4.16. The van der Waals surface area contributed by atoms with E-state index >= 15 is 0 Å². The van der Waals surface area contributed by atoms with Crippen LogP contribution in [0.15, 0.2) is 48.5 Å². The lowest BCUT2D eigenvalue weighted by Crippen LogP contribution is -2.36. The van der Waals surface area contributed by atoms with Gasteiger partial charge in [0.25, 0.3) is 0 Å². The number of carbonyl (C=O) groups is 1. The van der Waals surface area contributed by atoms with Crippen LogP contribution < -0.4 is 10.6 Å². The van der Waals surface area contributed by atoms with Gasteiger partial charge in [0.2, 0.25) is 5.91 Å². The molecule has 3 rings (SSSR count). The number of nitrogens with zero attached hydrogens (tertiary/aromatic N) is 1. The number of carbonyl (C=O) groups excluding carboxylic acids is 1. The second-order valence-electron chi connectivity index (χ2n) is 5.78. The van der Waals surface area contributed by atoms with Crippen LogP contribution in [-0.2, 0) is 22.6 Å². The molecule has 0 spiro atoms. The molecular formula is C19H22N2O2. The summed E-state index contributed by atoms with van der Waals surface area (Å²) in [5, 5.41) is 0. The maximum atomic E-state index is 12.5. The Hall–Kier alpha value is -2.33. The highest BCUT2D eigenvalue weighted by molar-refractivity contribution is 5.95. The fraction of sp³-hybridized carbons (Fsp3) is 0.316. The highest BCUT2D eigenvalue weighted by Gasteiger charge is 2.23. The smallest absolute Gasteiger partial charge is 0.229 e. The van der Waals surface area contributed by atoms with Crippen molar-refractivity contribution in [2.45, 2.75) is 25.9 Å². The summed E-state index contributed by atoms with van der Waals surface area (Å²) in [4.78, 5) is 14.3. The van der Waals surface area contributed by atoms with E-state index in [-0.39, 0.29) is 5.91 Å². The first-order valence-corrected chi connectivity index (χ1v) is 8.05. The van der Waals surface area contributed by atoms with Crippen molar-refractivity contribution in [3.05, 3.63) is 59.7 Å². The molecule has 4 heteroatoms. The SMILES string of the molecule is Nc1cccc2c1CCCN2C(=O)CCOCc1ccccc1. The van der Waals surface area contributed by atoms with E-state index < -0.39 is 0 Å². The highest BCUT2D eigenvalue weighted by atomic mass is 16.5. The number of amides is 1. The van der Waals surface area contributed by atoms with Gasteiger partial charge in [0, 0.05) is 17.9 Å². The van der Waals surface area contributed by atoms with E-state index in [1.54, 1.807) is 0 Å². The topological polar surface area (TPSA) is 55.6 Å². The van der Waals surface area contributed by atoms with Crippen molar-refractivity contribution in [2.75, 3.05) is 23.8 Å². The molecule has 1 aliphatic heterocycles. The van der Waals surface area contributed by atoms with Crippen molar-refractivity contribution < 1.29 is 9.53 Å². The first-order chi connectivity index (χ1) is 11.3. The van der Waals surface area contributed by atoms with Gasteiger partial charge in [-0.2, -0.15) is 0 Å². The monoisotopic (exact) mass is 310 g/mol. The molecule has 0 radical (unpaired) electrons. The summed E-state index contributed by atoms with van der Waals surface area (Å²) in [5.41, 5.74) is 9.98. The molecule has 0 saturated heterocycles. The lowest BCUT2D eigenvalue weighted by molar-refractivity contribution is -0.119. The van der Waals surface area contributed by atoms with E-state index in [4.69, 9.17) is 10.5 Å². The van der Waals surface area contributed by atoms with Crippen LogP contribution in [0, 0.1) is 0 Å². The second-order valence-corrected chi connectivity index (χ2v) is 5.78. The average molecular weight is 310 g/mol. The molecule has 1 aliphatic rings. The van der Waals surface area contributed by atoms with Gasteiger partial charge in [-0.25, -0.2) is 0 Å². The average Bonchev–Trinajstić information content (AvgIpc) is 2.59. The van der Waals surface area contributed by atoms with E-state index in [2.05, 4.69) is 0 Å². The zero-order chi connectivity index (χ0) is 16.1. The first kappa shape index (κ1) is 15.6. The molecule has 0 atom stereocenters. The van der Waals surface area contributed by atoms with Crippen molar-refractivity contribution in [3.63, 3.8) is 0 Å². The fourth-order valence-electron chi connectivity index (χ4n) is 2.97. The minimum Gasteiger partial charge on any atom is -0.398 e. The molecule has 2 N–H and O–H groups in total. The third-order valence-corrected chi connectivity index (χ3v) is 4.16. The van der Waals surface area contributed by atoms with Crippen molar-refractivity contribution in [3.8, 4) is 0 Å². The Labute approximate surface area is 136 Å². The predicted molar refractivity (Wildman–Crippen MR) is 92.2 cm³/mol. The number of benzene rings is 2. The van der Waals surface area contributed by atoms with Crippen LogP contribution >= 0.6 is 0 Å². The minimum absolute atomic E-state index is 0.101. The summed E-state index contributed by atoms with van der Waals surface area (Å²) in [6.07, 6.45) is 2.29. The summed E-state index contributed by atoms with van der Waals surface area (Å²) >= 11 is 0. The van der Waals surface area contributed by atoms with Crippen molar-refractivity contribution in [2.24, 2.45) is 0 Å². The van der Waals surface area contributed by atoms with Gasteiger partial charge in [0.15, 0.2) is 0 Å². The Kier molecular flexibility index (Phi) is 4.93. The summed E-state index contributed by atoms with van der Waals surface area (Å²) in [5.74, 6) is 0.101.